The minimum atomic E-state index is 1.07. The van der Waals surface area contributed by atoms with Gasteiger partial charge >= 0.3 is 0 Å². The Morgan fingerprint density at radius 1 is 0.789 bits per heavy atom. The third-order valence-electron chi connectivity index (χ3n) is 3.44. The number of benzene rings is 2. The molecule has 0 saturated carbocycles. The van der Waals surface area contributed by atoms with Crippen LogP contribution >= 0.6 is 0 Å². The normalized spacial score (nSPS) is 11.7. The molecule has 0 atom stereocenters. The molecule has 0 amide bonds. The van der Waals surface area contributed by atoms with E-state index in [1.54, 1.807) is 0 Å². The quantitative estimate of drug-likeness (QED) is 0.661. The van der Waals surface area contributed by atoms with Crippen LogP contribution in [0, 0.1) is 27.7 Å². The number of aryl methyl sites for hydroxylation is 4. The first-order valence-electron chi connectivity index (χ1n) is 6.67. The van der Waals surface area contributed by atoms with Gasteiger partial charge < -0.3 is 0 Å². The molecular formula is C18H21N. The van der Waals surface area contributed by atoms with Crippen molar-refractivity contribution in [3.05, 3.63) is 64.2 Å². The molecule has 0 radical (unpaired) electrons. The van der Waals surface area contributed by atoms with Crippen molar-refractivity contribution in [3.63, 3.8) is 0 Å². The fourth-order valence-electron chi connectivity index (χ4n) is 2.21. The molecular weight excluding hydrogens is 230 g/mol. The van der Waals surface area contributed by atoms with E-state index >= 15 is 0 Å². The third kappa shape index (κ3) is 3.11. The Hall–Kier alpha value is -1.89. The van der Waals surface area contributed by atoms with Gasteiger partial charge in [-0.2, -0.15) is 0 Å². The molecule has 19 heavy (non-hydrogen) atoms. The number of aliphatic imine (C=N–C) groups is 1. The van der Waals surface area contributed by atoms with Crippen LogP contribution in [0.4, 0.5) is 5.69 Å². The van der Waals surface area contributed by atoms with E-state index in [-0.39, 0.29) is 0 Å². The Bertz CT molecular complexity index is 636. The molecule has 2 aromatic rings. The minimum Gasteiger partial charge on any atom is -0.253 e. The van der Waals surface area contributed by atoms with E-state index in [2.05, 4.69) is 71.0 Å². The highest BCUT2D eigenvalue weighted by Gasteiger charge is 2.04. The molecule has 0 spiro atoms. The van der Waals surface area contributed by atoms with Gasteiger partial charge in [0.25, 0.3) is 0 Å². The van der Waals surface area contributed by atoms with E-state index in [0.717, 1.165) is 11.4 Å². The number of rotatable bonds is 2. The summed E-state index contributed by atoms with van der Waals surface area (Å²) in [6.07, 6.45) is 0. The Morgan fingerprint density at radius 3 is 2.05 bits per heavy atom. The molecule has 0 aromatic heterocycles. The summed E-state index contributed by atoms with van der Waals surface area (Å²) in [6.45, 7) is 10.6. The molecule has 1 heteroatoms. The standard InChI is InChI=1S/C18H21N/c1-12-6-8-14(3)17(10-12)16(5)19-18-11-13(2)7-9-15(18)4/h6-11H,1-5H3. The summed E-state index contributed by atoms with van der Waals surface area (Å²) in [5.74, 6) is 0. The van der Waals surface area contributed by atoms with Gasteiger partial charge in [-0.25, -0.2) is 0 Å². The molecule has 0 aliphatic rings. The molecule has 0 aliphatic carbocycles. The Morgan fingerprint density at radius 2 is 1.37 bits per heavy atom. The monoisotopic (exact) mass is 251 g/mol. The lowest BCUT2D eigenvalue weighted by molar-refractivity contribution is 1.32. The lowest BCUT2D eigenvalue weighted by atomic mass is 10.0. The topological polar surface area (TPSA) is 12.4 Å². The van der Waals surface area contributed by atoms with Crippen LogP contribution in [0.5, 0.6) is 0 Å². The highest BCUT2D eigenvalue weighted by atomic mass is 14.7. The van der Waals surface area contributed by atoms with Crippen LogP contribution < -0.4 is 0 Å². The molecule has 2 rings (SSSR count). The molecule has 2 aromatic carbocycles. The fraction of sp³-hybridized carbons (Fsp3) is 0.278. The molecule has 0 heterocycles. The Labute approximate surface area is 116 Å². The van der Waals surface area contributed by atoms with Crippen molar-refractivity contribution in [2.24, 2.45) is 4.99 Å². The number of hydrogen-bond donors (Lipinski definition) is 0. The maximum Gasteiger partial charge on any atom is 0.0664 e. The minimum absolute atomic E-state index is 1.07. The van der Waals surface area contributed by atoms with E-state index in [4.69, 9.17) is 4.99 Å². The summed E-state index contributed by atoms with van der Waals surface area (Å²) < 4.78 is 0. The smallest absolute Gasteiger partial charge is 0.0664 e. The van der Waals surface area contributed by atoms with Crippen LogP contribution in [0.3, 0.4) is 0 Å². The summed E-state index contributed by atoms with van der Waals surface area (Å²) in [7, 11) is 0. The lowest BCUT2D eigenvalue weighted by Gasteiger charge is -2.08. The van der Waals surface area contributed by atoms with Gasteiger partial charge in [-0.15, -0.1) is 0 Å². The van der Waals surface area contributed by atoms with Gasteiger partial charge in [-0.1, -0.05) is 29.8 Å². The van der Waals surface area contributed by atoms with Crippen molar-refractivity contribution in [1.29, 1.82) is 0 Å². The molecule has 98 valence electrons. The van der Waals surface area contributed by atoms with Crippen LogP contribution in [0.25, 0.3) is 0 Å². The Kier molecular flexibility index (Phi) is 3.84. The summed E-state index contributed by atoms with van der Waals surface area (Å²) in [4.78, 5) is 4.81. The van der Waals surface area contributed by atoms with Crippen molar-refractivity contribution >= 4 is 11.4 Å². The Balaban J connectivity index is 2.48. The lowest BCUT2D eigenvalue weighted by Crippen LogP contribution is -1.98. The van der Waals surface area contributed by atoms with Crippen molar-refractivity contribution in [3.8, 4) is 0 Å². The van der Waals surface area contributed by atoms with E-state index in [1.807, 2.05) is 0 Å². The molecule has 0 aliphatic heterocycles. The molecule has 0 N–H and O–H groups in total. The number of nitrogens with zero attached hydrogens (tertiary/aromatic N) is 1. The first-order valence-corrected chi connectivity index (χ1v) is 6.67. The van der Waals surface area contributed by atoms with Gasteiger partial charge in [0.15, 0.2) is 0 Å². The maximum atomic E-state index is 4.81. The molecule has 0 saturated heterocycles. The molecule has 1 nitrogen and oxygen atoms in total. The van der Waals surface area contributed by atoms with Crippen LogP contribution in [-0.2, 0) is 0 Å². The first-order chi connectivity index (χ1) is 8.97. The first kappa shape index (κ1) is 13.5. The second-order valence-electron chi connectivity index (χ2n) is 5.31. The maximum absolute atomic E-state index is 4.81. The molecule has 0 fully saturated rings. The summed E-state index contributed by atoms with van der Waals surface area (Å²) in [6, 6.07) is 12.9. The van der Waals surface area contributed by atoms with E-state index in [9.17, 15) is 0 Å². The van der Waals surface area contributed by atoms with Gasteiger partial charge in [-0.05, 0) is 69.0 Å². The van der Waals surface area contributed by atoms with Gasteiger partial charge in [-0.3, -0.25) is 4.99 Å². The van der Waals surface area contributed by atoms with Crippen LogP contribution in [-0.4, -0.2) is 5.71 Å². The third-order valence-corrected chi connectivity index (χ3v) is 3.44. The zero-order valence-corrected chi connectivity index (χ0v) is 12.4. The van der Waals surface area contributed by atoms with Crippen molar-refractivity contribution < 1.29 is 0 Å². The van der Waals surface area contributed by atoms with Crippen molar-refractivity contribution in [2.75, 3.05) is 0 Å². The van der Waals surface area contributed by atoms with E-state index < -0.39 is 0 Å². The van der Waals surface area contributed by atoms with Crippen LogP contribution in [0.2, 0.25) is 0 Å². The zero-order valence-electron chi connectivity index (χ0n) is 12.4. The molecule has 0 bridgehead atoms. The highest BCUT2D eigenvalue weighted by molar-refractivity contribution is 6.01. The second-order valence-corrected chi connectivity index (χ2v) is 5.31. The van der Waals surface area contributed by atoms with Gasteiger partial charge in [0.2, 0.25) is 0 Å². The summed E-state index contributed by atoms with van der Waals surface area (Å²) in [5.41, 5.74) is 8.40. The summed E-state index contributed by atoms with van der Waals surface area (Å²) >= 11 is 0. The zero-order chi connectivity index (χ0) is 14.0. The van der Waals surface area contributed by atoms with Crippen LogP contribution in [0.15, 0.2) is 41.4 Å². The van der Waals surface area contributed by atoms with Crippen LogP contribution in [0.1, 0.15) is 34.7 Å². The van der Waals surface area contributed by atoms with E-state index in [1.165, 1.54) is 27.8 Å². The fourth-order valence-corrected chi connectivity index (χ4v) is 2.21. The average molecular weight is 251 g/mol. The highest BCUT2D eigenvalue weighted by Crippen LogP contribution is 2.22. The predicted molar refractivity (Wildman–Crippen MR) is 83.7 cm³/mol. The predicted octanol–water partition coefficient (Wildman–Crippen LogP) is 5.06. The average Bonchev–Trinajstić information content (AvgIpc) is 2.36. The second kappa shape index (κ2) is 5.40. The SMILES string of the molecule is CC(=Nc1cc(C)ccc1C)c1cc(C)ccc1C. The number of hydrogen-bond acceptors (Lipinski definition) is 1. The van der Waals surface area contributed by atoms with Gasteiger partial charge in [0.05, 0.1) is 5.69 Å². The van der Waals surface area contributed by atoms with E-state index in [0.29, 0.717) is 0 Å². The largest absolute Gasteiger partial charge is 0.253 e. The van der Waals surface area contributed by atoms with Crippen molar-refractivity contribution in [2.45, 2.75) is 34.6 Å². The van der Waals surface area contributed by atoms with Crippen molar-refractivity contribution in [1.82, 2.24) is 0 Å². The van der Waals surface area contributed by atoms with Gasteiger partial charge in [0.1, 0.15) is 0 Å². The summed E-state index contributed by atoms with van der Waals surface area (Å²) in [5, 5.41) is 0. The van der Waals surface area contributed by atoms with Gasteiger partial charge in [0, 0.05) is 5.71 Å². The molecule has 0 unspecified atom stereocenters.